The van der Waals surface area contributed by atoms with E-state index in [0.717, 1.165) is 5.69 Å². The van der Waals surface area contributed by atoms with Gasteiger partial charge in [0, 0.05) is 33.2 Å². The molecule has 1 aromatic carbocycles. The molecule has 2 heterocycles. The molecule has 8 heteroatoms. The Morgan fingerprint density at radius 1 is 1.24 bits per heavy atom. The first kappa shape index (κ1) is 17.6. The average Bonchev–Trinajstić information content (AvgIpc) is 2.62. The number of aryl methyl sites for hydroxylation is 1. The van der Waals surface area contributed by atoms with Crippen molar-refractivity contribution in [2.24, 2.45) is 7.05 Å². The smallest absolute Gasteiger partial charge is 0.282 e. The number of hydrogen-bond donors (Lipinski definition) is 0. The number of hydrogen-bond acceptors (Lipinski definition) is 4. The molecule has 25 heavy (non-hydrogen) atoms. The lowest BCUT2D eigenvalue weighted by atomic mass is 10.1. The van der Waals surface area contributed by atoms with Crippen molar-refractivity contribution in [1.29, 1.82) is 0 Å². The van der Waals surface area contributed by atoms with Crippen LogP contribution in [0, 0.1) is 5.82 Å². The van der Waals surface area contributed by atoms with Gasteiger partial charge in [-0.05, 0) is 27.6 Å². The normalized spacial score (nSPS) is 14.7. The highest BCUT2D eigenvalue weighted by Crippen LogP contribution is 2.23. The molecule has 0 aliphatic carbocycles. The fourth-order valence-corrected chi connectivity index (χ4v) is 3.45. The van der Waals surface area contributed by atoms with Crippen LogP contribution in [0.3, 0.4) is 0 Å². The Morgan fingerprint density at radius 2 is 1.92 bits per heavy atom. The Labute approximate surface area is 153 Å². The van der Waals surface area contributed by atoms with Crippen LogP contribution in [0.2, 0.25) is 0 Å². The molecule has 0 N–H and O–H groups in total. The van der Waals surface area contributed by atoms with Crippen molar-refractivity contribution in [3.63, 3.8) is 0 Å². The van der Waals surface area contributed by atoms with Crippen molar-refractivity contribution in [3.8, 4) is 0 Å². The molecule has 0 unspecified atom stereocenters. The zero-order valence-electron chi connectivity index (χ0n) is 13.8. The Bertz CT molecular complexity index is 847. The van der Waals surface area contributed by atoms with Crippen LogP contribution in [-0.2, 0) is 18.3 Å². The van der Waals surface area contributed by atoms with Crippen LogP contribution in [-0.4, -0.2) is 46.8 Å². The van der Waals surface area contributed by atoms with Crippen molar-refractivity contribution in [2.45, 2.75) is 6.42 Å². The molecule has 0 atom stereocenters. The van der Waals surface area contributed by atoms with E-state index in [-0.39, 0.29) is 23.7 Å². The van der Waals surface area contributed by atoms with Crippen LogP contribution in [0.1, 0.15) is 5.56 Å². The summed E-state index contributed by atoms with van der Waals surface area (Å²) in [6.45, 7) is 2.23. The Kier molecular flexibility index (Phi) is 5.17. The molecule has 132 valence electrons. The van der Waals surface area contributed by atoms with Crippen LogP contribution in [0.25, 0.3) is 0 Å². The van der Waals surface area contributed by atoms with Crippen molar-refractivity contribution < 1.29 is 9.18 Å². The Hall–Kier alpha value is -2.22. The van der Waals surface area contributed by atoms with Crippen molar-refractivity contribution >= 4 is 27.5 Å². The van der Waals surface area contributed by atoms with Crippen molar-refractivity contribution in [1.82, 2.24) is 14.7 Å². The number of nitrogens with zero attached hydrogens (tertiary/aromatic N) is 4. The first-order valence-electron chi connectivity index (χ1n) is 7.95. The molecule has 1 saturated heterocycles. The molecule has 1 aliphatic rings. The third-order valence-corrected chi connectivity index (χ3v) is 5.08. The van der Waals surface area contributed by atoms with Crippen LogP contribution in [0.5, 0.6) is 0 Å². The van der Waals surface area contributed by atoms with E-state index in [1.165, 1.54) is 10.7 Å². The number of piperazine rings is 1. The van der Waals surface area contributed by atoms with Gasteiger partial charge >= 0.3 is 0 Å². The summed E-state index contributed by atoms with van der Waals surface area (Å²) in [6.07, 6.45) is 1.70. The molecule has 0 saturated carbocycles. The Morgan fingerprint density at radius 3 is 2.60 bits per heavy atom. The number of halogens is 2. The minimum absolute atomic E-state index is 0.0593. The third-order valence-electron chi connectivity index (χ3n) is 4.33. The topological polar surface area (TPSA) is 58.4 Å². The van der Waals surface area contributed by atoms with Gasteiger partial charge in [0.05, 0.1) is 18.3 Å². The van der Waals surface area contributed by atoms with E-state index in [4.69, 9.17) is 0 Å². The van der Waals surface area contributed by atoms with Crippen LogP contribution in [0.15, 0.2) is 39.7 Å². The summed E-state index contributed by atoms with van der Waals surface area (Å²) < 4.78 is 15.4. The fraction of sp³-hybridized carbons (Fsp3) is 0.353. The van der Waals surface area contributed by atoms with E-state index in [9.17, 15) is 14.0 Å². The van der Waals surface area contributed by atoms with Gasteiger partial charge in [-0.15, -0.1) is 0 Å². The van der Waals surface area contributed by atoms with Crippen molar-refractivity contribution in [2.75, 3.05) is 31.1 Å². The summed E-state index contributed by atoms with van der Waals surface area (Å²) in [5.41, 5.74) is 0.938. The predicted molar refractivity (Wildman–Crippen MR) is 96.1 cm³/mol. The monoisotopic (exact) mass is 408 g/mol. The quantitative estimate of drug-likeness (QED) is 0.773. The third kappa shape index (κ3) is 3.73. The first-order valence-corrected chi connectivity index (χ1v) is 8.74. The molecule has 1 amide bonds. The lowest BCUT2D eigenvalue weighted by Crippen LogP contribution is -2.49. The summed E-state index contributed by atoms with van der Waals surface area (Å²) in [6, 6.07) is 6.33. The van der Waals surface area contributed by atoms with Gasteiger partial charge in [-0.1, -0.05) is 18.2 Å². The van der Waals surface area contributed by atoms with Gasteiger partial charge in [0.15, 0.2) is 0 Å². The van der Waals surface area contributed by atoms with Crippen molar-refractivity contribution in [3.05, 3.63) is 56.7 Å². The summed E-state index contributed by atoms with van der Waals surface area (Å²) in [5.74, 6) is -0.449. The SMILES string of the molecule is Cn1ncc(N2CCN(C(=O)Cc3ccccc3F)CC2)c(Br)c1=O. The molecule has 1 aromatic heterocycles. The summed E-state index contributed by atoms with van der Waals surface area (Å²) in [4.78, 5) is 28.1. The highest BCUT2D eigenvalue weighted by molar-refractivity contribution is 9.10. The second kappa shape index (κ2) is 7.35. The second-order valence-corrected chi connectivity index (χ2v) is 6.70. The van der Waals surface area contributed by atoms with E-state index in [1.54, 1.807) is 36.3 Å². The van der Waals surface area contributed by atoms with Crippen LogP contribution >= 0.6 is 15.9 Å². The molecule has 0 spiro atoms. The Balaban J connectivity index is 1.64. The molecule has 6 nitrogen and oxygen atoms in total. The minimum atomic E-state index is -0.357. The maximum atomic E-state index is 13.7. The van der Waals surface area contributed by atoms with E-state index in [0.29, 0.717) is 36.2 Å². The van der Waals surface area contributed by atoms with E-state index >= 15 is 0 Å². The number of carbonyl (C=O) groups excluding carboxylic acids is 1. The molecule has 1 aliphatic heterocycles. The standard InChI is InChI=1S/C17H18BrFN4O2/c1-21-17(25)16(18)14(11-20-21)22-6-8-23(9-7-22)15(24)10-12-4-2-3-5-13(12)19/h2-5,11H,6-10H2,1H3. The van der Waals surface area contributed by atoms with Gasteiger partial charge in [-0.25, -0.2) is 9.07 Å². The lowest BCUT2D eigenvalue weighted by molar-refractivity contribution is -0.130. The molecule has 1 fully saturated rings. The molecule has 2 aromatic rings. The summed E-state index contributed by atoms with van der Waals surface area (Å²) in [7, 11) is 1.59. The summed E-state index contributed by atoms with van der Waals surface area (Å²) >= 11 is 3.33. The first-order chi connectivity index (χ1) is 12.0. The van der Waals surface area contributed by atoms with Gasteiger partial charge in [-0.2, -0.15) is 5.10 Å². The maximum absolute atomic E-state index is 13.7. The number of anilines is 1. The van der Waals surface area contributed by atoms with Gasteiger partial charge in [0.2, 0.25) is 5.91 Å². The number of rotatable bonds is 3. The van der Waals surface area contributed by atoms with Gasteiger partial charge < -0.3 is 9.80 Å². The maximum Gasteiger partial charge on any atom is 0.282 e. The molecular weight excluding hydrogens is 391 g/mol. The molecule has 3 rings (SSSR count). The van der Waals surface area contributed by atoms with Gasteiger partial charge in [0.1, 0.15) is 10.3 Å². The van der Waals surface area contributed by atoms with Crippen LogP contribution < -0.4 is 10.5 Å². The highest BCUT2D eigenvalue weighted by atomic mass is 79.9. The predicted octanol–water partition coefficient (Wildman–Crippen LogP) is 1.57. The van der Waals surface area contributed by atoms with E-state index < -0.39 is 0 Å². The molecular formula is C17H18BrFN4O2. The number of carbonyl (C=O) groups is 1. The highest BCUT2D eigenvalue weighted by Gasteiger charge is 2.24. The molecule has 0 bridgehead atoms. The van der Waals surface area contributed by atoms with E-state index in [2.05, 4.69) is 21.0 Å². The minimum Gasteiger partial charge on any atom is -0.366 e. The number of benzene rings is 1. The van der Waals surface area contributed by atoms with Gasteiger partial charge in [0.25, 0.3) is 5.56 Å². The average molecular weight is 409 g/mol. The molecule has 0 radical (unpaired) electrons. The fourth-order valence-electron chi connectivity index (χ4n) is 2.84. The lowest BCUT2D eigenvalue weighted by Gasteiger charge is -2.36. The number of amides is 1. The largest absolute Gasteiger partial charge is 0.366 e. The van der Waals surface area contributed by atoms with Gasteiger partial charge in [-0.3, -0.25) is 9.59 Å². The summed E-state index contributed by atoms with van der Waals surface area (Å²) in [5, 5.41) is 4.04. The van der Waals surface area contributed by atoms with Crippen LogP contribution in [0.4, 0.5) is 10.1 Å². The van der Waals surface area contributed by atoms with E-state index in [1.807, 2.05) is 4.90 Å². The second-order valence-electron chi connectivity index (χ2n) is 5.91. The number of aromatic nitrogens is 2. The zero-order chi connectivity index (χ0) is 18.0. The zero-order valence-corrected chi connectivity index (χ0v) is 15.4.